The largest absolute Gasteiger partial charge is 0.444 e. The van der Waals surface area contributed by atoms with Crippen LogP contribution in [0.5, 0.6) is 0 Å². The lowest BCUT2D eigenvalue weighted by Crippen LogP contribution is -2.63. The zero-order valence-corrected chi connectivity index (χ0v) is 33.2. The highest BCUT2D eigenvalue weighted by Crippen LogP contribution is 2.51. The summed E-state index contributed by atoms with van der Waals surface area (Å²) in [5.74, 6) is 0.853. The molecule has 2 amide bonds. The number of hydrogen-bond donors (Lipinski definition) is 2. The summed E-state index contributed by atoms with van der Waals surface area (Å²) in [5, 5.41) is 3.90. The van der Waals surface area contributed by atoms with Gasteiger partial charge in [-0.2, -0.15) is 0 Å². The number of carbonyl (C=O) groups excluding carboxylic acids is 2. The number of thiocarbonyl (C=S) groups is 1. The first kappa shape index (κ1) is 41.1. The standard InChI is InChI=1S/C23H26N4O2S2.C12H21NO2.2C2H6/c1-31(29)26-9-7-19(8-10-26)27-14-21(17-3-2-4-18(12-17)23(24)30)20-6-5-16(11-22(20)27)13-25-15-28;1-9-5-12(6-9)7-13(8-12)10(14)15-11(2,3)4;2*1-2/h2-6,11-12,14-15,19H,7-10,13H2,1H3,(H2,24,30)(H,25,28);9H,5-8H2,1-4H3;2*1-2H3. The van der Waals surface area contributed by atoms with E-state index in [2.05, 4.69) is 41.2 Å². The molecule has 2 aromatic carbocycles. The van der Waals surface area contributed by atoms with Crippen molar-refractivity contribution in [3.8, 4) is 11.1 Å². The van der Waals surface area contributed by atoms with Gasteiger partial charge in [-0.05, 0) is 75.6 Å². The van der Waals surface area contributed by atoms with Crippen molar-refractivity contribution in [2.24, 2.45) is 17.1 Å². The van der Waals surface area contributed by atoms with E-state index in [1.54, 1.807) is 6.26 Å². The average Bonchev–Trinajstić information content (AvgIpc) is 3.45. The van der Waals surface area contributed by atoms with Crippen molar-refractivity contribution in [1.82, 2.24) is 19.1 Å². The van der Waals surface area contributed by atoms with Crippen LogP contribution in [0, 0.1) is 11.3 Å². The number of piperidine rings is 1. The van der Waals surface area contributed by atoms with Crippen LogP contribution in [0.15, 0.2) is 48.7 Å². The maximum atomic E-state index is 11.8. The van der Waals surface area contributed by atoms with Crippen molar-refractivity contribution in [3.05, 3.63) is 59.8 Å². The van der Waals surface area contributed by atoms with E-state index in [1.807, 2.05) is 81.9 Å². The number of likely N-dealkylation sites (tertiary alicyclic amines) is 1. The van der Waals surface area contributed by atoms with Crippen molar-refractivity contribution >= 4 is 51.6 Å². The molecule has 1 saturated carbocycles. The maximum Gasteiger partial charge on any atom is 0.410 e. The van der Waals surface area contributed by atoms with Crippen LogP contribution in [-0.2, 0) is 27.1 Å². The quantitative estimate of drug-likeness (QED) is 0.190. The van der Waals surface area contributed by atoms with Crippen molar-refractivity contribution in [1.29, 1.82) is 0 Å². The molecule has 2 aliphatic heterocycles. The van der Waals surface area contributed by atoms with Crippen LogP contribution in [-0.4, -0.2) is 73.5 Å². The van der Waals surface area contributed by atoms with Crippen LogP contribution >= 0.6 is 12.2 Å². The number of hydrogen-bond acceptors (Lipinski definition) is 5. The second-order valence-corrected chi connectivity index (χ2v) is 16.0. The lowest BCUT2D eigenvalue weighted by Gasteiger charge is -2.58. The maximum absolute atomic E-state index is 11.8. The van der Waals surface area contributed by atoms with Crippen molar-refractivity contribution in [2.45, 2.75) is 99.3 Å². The van der Waals surface area contributed by atoms with Crippen molar-refractivity contribution < 1.29 is 18.5 Å². The molecule has 3 aromatic rings. The SMILES string of the molecule is CC.CC.CC1CC2(C1)CN(C(=O)OC(C)(C)C)C2.CS(=O)N1CCC(n2cc(-c3cccc(C(N)=S)c3)c3ccc(CNC=O)cc32)CC1. The molecule has 1 aromatic heterocycles. The number of nitrogens with two attached hydrogens (primary N) is 1. The normalized spacial score (nSPS) is 17.7. The predicted molar refractivity (Wildman–Crippen MR) is 211 cm³/mol. The van der Waals surface area contributed by atoms with Crippen LogP contribution in [0.3, 0.4) is 0 Å². The molecule has 1 spiro atoms. The van der Waals surface area contributed by atoms with Gasteiger partial charge in [-0.15, -0.1) is 0 Å². The molecule has 0 bridgehead atoms. The Labute approximate surface area is 307 Å². The second kappa shape index (κ2) is 18.3. The summed E-state index contributed by atoms with van der Waals surface area (Å²) < 4.78 is 21.5. The van der Waals surface area contributed by atoms with Crippen LogP contribution in [0.25, 0.3) is 22.0 Å². The number of nitrogens with zero attached hydrogens (tertiary/aromatic N) is 3. The molecule has 9 nitrogen and oxygen atoms in total. The molecule has 3 fully saturated rings. The fraction of sp³-hybridized carbons (Fsp3) is 0.564. The Morgan fingerprint density at radius 1 is 1.08 bits per heavy atom. The predicted octanol–water partition coefficient (Wildman–Crippen LogP) is 7.82. The highest BCUT2D eigenvalue weighted by molar-refractivity contribution is 7.81. The number of carbonyl (C=O) groups is 2. The van der Waals surface area contributed by atoms with E-state index >= 15 is 0 Å². The minimum atomic E-state index is -0.931. The number of rotatable bonds is 7. The molecule has 1 atom stereocenters. The van der Waals surface area contributed by atoms with Gasteiger partial charge in [0.25, 0.3) is 0 Å². The highest BCUT2D eigenvalue weighted by Gasteiger charge is 2.52. The fourth-order valence-electron chi connectivity index (χ4n) is 7.21. The summed E-state index contributed by atoms with van der Waals surface area (Å²) in [6.07, 6.45) is 8.97. The van der Waals surface area contributed by atoms with E-state index in [1.165, 1.54) is 12.8 Å². The number of ether oxygens (including phenoxy) is 1. The Kier molecular flexibility index (Phi) is 15.0. The van der Waals surface area contributed by atoms with Gasteiger partial charge < -0.3 is 25.3 Å². The molecule has 6 rings (SSSR count). The van der Waals surface area contributed by atoms with Crippen LogP contribution in [0.4, 0.5) is 4.79 Å². The van der Waals surface area contributed by atoms with Gasteiger partial charge in [0.2, 0.25) is 6.41 Å². The van der Waals surface area contributed by atoms with Gasteiger partial charge in [0, 0.05) is 78.7 Å². The summed E-state index contributed by atoms with van der Waals surface area (Å²) in [6, 6.07) is 14.7. The molecular formula is C39H59N5O4S2. The average molecular weight is 726 g/mol. The highest BCUT2D eigenvalue weighted by atomic mass is 32.2. The smallest absolute Gasteiger partial charge is 0.410 e. The second-order valence-electron chi connectivity index (χ2n) is 14.2. The zero-order chi connectivity index (χ0) is 37.2. The Morgan fingerprint density at radius 3 is 2.26 bits per heavy atom. The summed E-state index contributed by atoms with van der Waals surface area (Å²) in [6.45, 7) is 19.9. The van der Waals surface area contributed by atoms with Gasteiger partial charge >= 0.3 is 6.09 Å². The topological polar surface area (TPSA) is 110 Å². The molecule has 0 radical (unpaired) electrons. The molecule has 1 aliphatic carbocycles. The molecule has 2 saturated heterocycles. The number of fused-ring (bicyclic) bond motifs is 1. The lowest BCUT2D eigenvalue weighted by atomic mass is 9.58. The van der Waals surface area contributed by atoms with Crippen LogP contribution in [0.2, 0.25) is 0 Å². The van der Waals surface area contributed by atoms with E-state index in [9.17, 15) is 13.8 Å². The fourth-order valence-corrected chi connectivity index (χ4v) is 8.06. The monoisotopic (exact) mass is 725 g/mol. The molecule has 11 heteroatoms. The van der Waals surface area contributed by atoms with Crippen molar-refractivity contribution in [3.63, 3.8) is 0 Å². The van der Waals surface area contributed by atoms with E-state index in [0.29, 0.717) is 23.0 Å². The molecule has 3 aliphatic rings. The molecule has 3 N–H and O–H groups in total. The van der Waals surface area contributed by atoms with Gasteiger partial charge in [0.15, 0.2) is 0 Å². The number of aromatic nitrogens is 1. The third-order valence-electron chi connectivity index (χ3n) is 9.19. The van der Waals surface area contributed by atoms with E-state index in [4.69, 9.17) is 22.7 Å². The Bertz CT molecular complexity index is 1610. The first-order valence-corrected chi connectivity index (χ1v) is 20.0. The lowest BCUT2D eigenvalue weighted by molar-refractivity contribution is -0.109. The molecule has 50 heavy (non-hydrogen) atoms. The van der Waals surface area contributed by atoms with Gasteiger partial charge in [-0.25, -0.2) is 13.3 Å². The summed E-state index contributed by atoms with van der Waals surface area (Å²) in [5.41, 5.74) is 11.2. The molecular weight excluding hydrogens is 667 g/mol. The van der Waals surface area contributed by atoms with E-state index < -0.39 is 11.0 Å². The Balaban J connectivity index is 0.000000297. The minimum Gasteiger partial charge on any atom is -0.444 e. The Morgan fingerprint density at radius 2 is 1.72 bits per heavy atom. The third kappa shape index (κ3) is 10.4. The van der Waals surface area contributed by atoms with Gasteiger partial charge in [-0.3, -0.25) is 4.79 Å². The van der Waals surface area contributed by atoms with Gasteiger partial charge in [-0.1, -0.05) is 77.2 Å². The van der Waals surface area contributed by atoms with Gasteiger partial charge in [0.1, 0.15) is 10.6 Å². The number of nitrogens with one attached hydrogen (secondary N) is 1. The zero-order valence-electron chi connectivity index (χ0n) is 31.6. The summed E-state index contributed by atoms with van der Waals surface area (Å²) >= 11 is 5.17. The van der Waals surface area contributed by atoms with Crippen molar-refractivity contribution in [2.75, 3.05) is 32.4 Å². The third-order valence-corrected chi connectivity index (χ3v) is 10.5. The number of benzene rings is 2. The van der Waals surface area contributed by atoms with Crippen LogP contribution < -0.4 is 11.1 Å². The first-order chi connectivity index (χ1) is 23.8. The summed E-state index contributed by atoms with van der Waals surface area (Å²) in [7, 11) is -0.931. The van der Waals surface area contributed by atoms with Crippen LogP contribution in [0.1, 0.15) is 98.2 Å². The van der Waals surface area contributed by atoms with E-state index in [-0.39, 0.29) is 11.7 Å². The molecule has 1 unspecified atom stereocenters. The summed E-state index contributed by atoms with van der Waals surface area (Å²) in [4.78, 5) is 24.6. The minimum absolute atomic E-state index is 0.146. The molecule has 276 valence electrons. The Hall–Kier alpha value is -3.28. The van der Waals surface area contributed by atoms with E-state index in [0.717, 1.165) is 84.5 Å². The van der Waals surface area contributed by atoms with Gasteiger partial charge in [0.05, 0.1) is 11.0 Å². The molecule has 3 heterocycles. The number of amides is 2. The first-order valence-electron chi connectivity index (χ1n) is 18.0.